The Morgan fingerprint density at radius 2 is 2.22 bits per heavy atom. The minimum Gasteiger partial charge on any atom is -0.383 e. The topological polar surface area (TPSA) is 48.3 Å². The lowest BCUT2D eigenvalue weighted by atomic mass is 10.3. The standard InChI is InChI=1S/C13H25N3O2/c1-3-4-7-18-9-6-16-12-13(11-15-16)10-14-5-8-17-2/h11-12,14H,3-10H2,1-2H3. The number of ether oxygens (including phenoxy) is 2. The molecule has 1 N–H and O–H groups in total. The van der Waals surface area contributed by atoms with E-state index in [1.54, 1.807) is 7.11 Å². The summed E-state index contributed by atoms with van der Waals surface area (Å²) < 4.78 is 12.4. The zero-order chi connectivity index (χ0) is 13.1. The van der Waals surface area contributed by atoms with E-state index in [2.05, 4.69) is 23.5 Å². The van der Waals surface area contributed by atoms with E-state index in [0.29, 0.717) is 0 Å². The highest BCUT2D eigenvalue weighted by molar-refractivity contribution is 5.03. The fraction of sp³-hybridized carbons (Fsp3) is 0.769. The van der Waals surface area contributed by atoms with Crippen molar-refractivity contribution in [1.29, 1.82) is 0 Å². The Morgan fingerprint density at radius 1 is 1.33 bits per heavy atom. The van der Waals surface area contributed by atoms with E-state index in [4.69, 9.17) is 9.47 Å². The summed E-state index contributed by atoms with van der Waals surface area (Å²) in [6, 6.07) is 0. The van der Waals surface area contributed by atoms with Crippen LogP contribution in [-0.2, 0) is 22.6 Å². The quantitative estimate of drug-likeness (QED) is 0.608. The minimum atomic E-state index is 0.734. The van der Waals surface area contributed by atoms with Crippen LogP contribution in [0, 0.1) is 0 Å². The van der Waals surface area contributed by atoms with Crippen LogP contribution in [0.15, 0.2) is 12.4 Å². The molecule has 0 unspecified atom stereocenters. The van der Waals surface area contributed by atoms with Crippen molar-refractivity contribution in [2.75, 3.05) is 33.5 Å². The van der Waals surface area contributed by atoms with Gasteiger partial charge in [0.05, 0.1) is 26.0 Å². The maximum absolute atomic E-state index is 5.51. The summed E-state index contributed by atoms with van der Waals surface area (Å²) in [6.45, 7) is 7.00. The molecule has 0 fully saturated rings. The van der Waals surface area contributed by atoms with Crippen LogP contribution < -0.4 is 5.32 Å². The van der Waals surface area contributed by atoms with Gasteiger partial charge in [0.15, 0.2) is 0 Å². The van der Waals surface area contributed by atoms with E-state index >= 15 is 0 Å². The summed E-state index contributed by atoms with van der Waals surface area (Å²) >= 11 is 0. The van der Waals surface area contributed by atoms with E-state index in [1.165, 1.54) is 12.0 Å². The van der Waals surface area contributed by atoms with E-state index < -0.39 is 0 Å². The molecule has 0 aromatic carbocycles. The lowest BCUT2D eigenvalue weighted by Gasteiger charge is -2.03. The third-order valence-electron chi connectivity index (χ3n) is 2.61. The van der Waals surface area contributed by atoms with Crippen molar-refractivity contribution in [3.8, 4) is 0 Å². The van der Waals surface area contributed by atoms with Gasteiger partial charge in [0, 0.05) is 38.6 Å². The number of unbranched alkanes of at least 4 members (excludes halogenated alkanes) is 1. The van der Waals surface area contributed by atoms with Crippen molar-refractivity contribution in [3.05, 3.63) is 18.0 Å². The first kappa shape index (κ1) is 15.1. The summed E-state index contributed by atoms with van der Waals surface area (Å²) in [7, 11) is 1.71. The van der Waals surface area contributed by atoms with Crippen molar-refractivity contribution in [2.24, 2.45) is 0 Å². The first-order valence-corrected chi connectivity index (χ1v) is 6.65. The fourth-order valence-corrected chi connectivity index (χ4v) is 1.53. The number of nitrogens with one attached hydrogen (secondary N) is 1. The number of hydrogen-bond acceptors (Lipinski definition) is 4. The van der Waals surface area contributed by atoms with Crippen LogP contribution in [0.2, 0.25) is 0 Å². The molecule has 0 saturated carbocycles. The highest BCUT2D eigenvalue weighted by Crippen LogP contribution is 1.97. The van der Waals surface area contributed by atoms with Crippen molar-refractivity contribution in [3.63, 3.8) is 0 Å². The van der Waals surface area contributed by atoms with Gasteiger partial charge in [-0.2, -0.15) is 5.10 Å². The second-order valence-electron chi connectivity index (χ2n) is 4.25. The van der Waals surface area contributed by atoms with Crippen LogP contribution >= 0.6 is 0 Å². The van der Waals surface area contributed by atoms with E-state index in [9.17, 15) is 0 Å². The van der Waals surface area contributed by atoms with E-state index in [-0.39, 0.29) is 0 Å². The molecule has 5 heteroatoms. The SMILES string of the molecule is CCCCOCCn1cc(CNCCOC)cn1. The Kier molecular flexibility index (Phi) is 8.46. The lowest BCUT2D eigenvalue weighted by Crippen LogP contribution is -2.18. The maximum Gasteiger partial charge on any atom is 0.0662 e. The maximum atomic E-state index is 5.51. The Bertz CT molecular complexity index is 302. The molecule has 0 aliphatic rings. The summed E-state index contributed by atoms with van der Waals surface area (Å²) in [6.07, 6.45) is 6.27. The van der Waals surface area contributed by atoms with Gasteiger partial charge >= 0.3 is 0 Å². The summed E-state index contributed by atoms with van der Waals surface area (Å²) in [5, 5.41) is 7.59. The smallest absolute Gasteiger partial charge is 0.0662 e. The molecule has 1 aromatic heterocycles. The Hall–Kier alpha value is -0.910. The van der Waals surface area contributed by atoms with Crippen molar-refractivity contribution in [1.82, 2.24) is 15.1 Å². The van der Waals surface area contributed by atoms with Gasteiger partial charge in [0.1, 0.15) is 0 Å². The Balaban J connectivity index is 2.10. The normalized spacial score (nSPS) is 11.0. The number of methoxy groups -OCH3 is 1. The van der Waals surface area contributed by atoms with Gasteiger partial charge in [-0.15, -0.1) is 0 Å². The molecule has 0 bridgehead atoms. The molecule has 0 radical (unpaired) electrons. The summed E-state index contributed by atoms with van der Waals surface area (Å²) in [5.74, 6) is 0. The third-order valence-corrected chi connectivity index (χ3v) is 2.61. The van der Waals surface area contributed by atoms with Gasteiger partial charge in [0.2, 0.25) is 0 Å². The van der Waals surface area contributed by atoms with Crippen LogP contribution in [0.1, 0.15) is 25.3 Å². The molecular weight excluding hydrogens is 230 g/mol. The highest BCUT2D eigenvalue weighted by Gasteiger charge is 1.98. The first-order valence-electron chi connectivity index (χ1n) is 6.65. The molecule has 0 aliphatic heterocycles. The predicted molar refractivity (Wildman–Crippen MR) is 71.5 cm³/mol. The van der Waals surface area contributed by atoms with Crippen LogP contribution in [0.3, 0.4) is 0 Å². The average Bonchev–Trinajstić information content (AvgIpc) is 2.82. The molecule has 0 amide bonds. The first-order chi connectivity index (χ1) is 8.86. The molecule has 1 rings (SSSR count). The number of hydrogen-bond donors (Lipinski definition) is 1. The predicted octanol–water partition coefficient (Wildman–Crippen LogP) is 1.44. The lowest BCUT2D eigenvalue weighted by molar-refractivity contribution is 0.121. The molecule has 1 aromatic rings. The summed E-state index contributed by atoms with van der Waals surface area (Å²) in [4.78, 5) is 0. The van der Waals surface area contributed by atoms with Crippen molar-refractivity contribution in [2.45, 2.75) is 32.9 Å². The molecular formula is C13H25N3O2. The minimum absolute atomic E-state index is 0.734. The van der Waals surface area contributed by atoms with Crippen molar-refractivity contribution < 1.29 is 9.47 Å². The molecule has 0 aliphatic carbocycles. The van der Waals surface area contributed by atoms with Gasteiger partial charge in [0.25, 0.3) is 0 Å². The highest BCUT2D eigenvalue weighted by atomic mass is 16.5. The molecule has 5 nitrogen and oxygen atoms in total. The molecule has 1 heterocycles. The number of aromatic nitrogens is 2. The molecule has 104 valence electrons. The molecule has 18 heavy (non-hydrogen) atoms. The second kappa shape index (κ2) is 10.1. The van der Waals surface area contributed by atoms with Crippen molar-refractivity contribution >= 4 is 0 Å². The number of nitrogens with zero attached hydrogens (tertiary/aromatic N) is 2. The molecule has 0 spiro atoms. The monoisotopic (exact) mass is 255 g/mol. The molecule has 0 atom stereocenters. The zero-order valence-electron chi connectivity index (χ0n) is 11.5. The van der Waals surface area contributed by atoms with Crippen LogP contribution in [-0.4, -0.2) is 43.3 Å². The second-order valence-corrected chi connectivity index (χ2v) is 4.25. The van der Waals surface area contributed by atoms with Gasteiger partial charge < -0.3 is 14.8 Å². The molecule has 0 saturated heterocycles. The van der Waals surface area contributed by atoms with Gasteiger partial charge in [-0.25, -0.2) is 0 Å². The summed E-state index contributed by atoms with van der Waals surface area (Å²) in [5.41, 5.74) is 1.19. The van der Waals surface area contributed by atoms with Gasteiger partial charge in [-0.1, -0.05) is 13.3 Å². The van der Waals surface area contributed by atoms with Gasteiger partial charge in [-0.3, -0.25) is 4.68 Å². The largest absolute Gasteiger partial charge is 0.383 e. The zero-order valence-corrected chi connectivity index (χ0v) is 11.5. The van der Waals surface area contributed by atoms with E-state index in [0.717, 1.165) is 45.9 Å². The fourth-order valence-electron chi connectivity index (χ4n) is 1.53. The third kappa shape index (κ3) is 6.74. The van der Waals surface area contributed by atoms with Crippen LogP contribution in [0.4, 0.5) is 0 Å². The van der Waals surface area contributed by atoms with E-state index in [1.807, 2.05) is 10.9 Å². The Labute approximate surface area is 109 Å². The van der Waals surface area contributed by atoms with Crippen LogP contribution in [0.25, 0.3) is 0 Å². The Morgan fingerprint density at radius 3 is 3.00 bits per heavy atom. The van der Waals surface area contributed by atoms with Crippen LogP contribution in [0.5, 0.6) is 0 Å². The van der Waals surface area contributed by atoms with Gasteiger partial charge in [-0.05, 0) is 6.42 Å². The number of rotatable bonds is 11. The average molecular weight is 255 g/mol.